The second kappa shape index (κ2) is 41.5. The highest BCUT2D eigenvalue weighted by molar-refractivity contribution is 7.80. The largest absolute Gasteiger partial charge is 0.457 e. The summed E-state index contributed by atoms with van der Waals surface area (Å²) in [5, 5.41) is 30.7. The minimum atomic E-state index is -5.05. The number of hydrogen-bond donors (Lipinski definition) is 4. The summed E-state index contributed by atoms with van der Waals surface area (Å²) in [6.07, 6.45) is 36.0. The molecule has 1 aliphatic rings. The lowest BCUT2D eigenvalue weighted by molar-refractivity contribution is -0.301. The smallest absolute Gasteiger partial charge is 0.397 e. The van der Waals surface area contributed by atoms with Crippen LogP contribution < -0.4 is 0 Å². The van der Waals surface area contributed by atoms with E-state index < -0.39 is 59.8 Å². The van der Waals surface area contributed by atoms with E-state index in [4.69, 9.17) is 23.5 Å². The van der Waals surface area contributed by atoms with Crippen LogP contribution >= 0.6 is 0 Å². The van der Waals surface area contributed by atoms with Gasteiger partial charge in [-0.05, 0) is 12.8 Å². The molecule has 0 aromatic rings. The Morgan fingerprint density at radius 3 is 1.29 bits per heavy atom. The molecule has 1 fully saturated rings. The first-order valence-corrected chi connectivity index (χ1v) is 27.2. The number of esters is 1. The number of ether oxygens (including phenoxy) is 4. The van der Waals surface area contributed by atoms with E-state index in [0.29, 0.717) is 13.0 Å². The Labute approximate surface area is 379 Å². The van der Waals surface area contributed by atoms with Crippen molar-refractivity contribution in [3.63, 3.8) is 0 Å². The zero-order valence-electron chi connectivity index (χ0n) is 39.7. The maximum absolute atomic E-state index is 12.8. The lowest BCUT2D eigenvalue weighted by atomic mass is 9.99. The molecule has 0 saturated carbocycles. The summed E-state index contributed by atoms with van der Waals surface area (Å²) in [4.78, 5) is 12.8. The van der Waals surface area contributed by atoms with E-state index in [1.807, 2.05) is 0 Å². The standard InChI is InChI=1S/C49H96O12S/c1-3-5-7-9-11-13-14-15-16-17-18-19-20-21-22-23-24-25-26-27-28-29-31-33-35-37-39-57-41-43(59-45(51)38-36-34-32-30-12-10-8-6-4-2)42-58-49-47(53)48(61-62(54,55)56)46(52)44(40-50)60-49/h43-44,46-50,52-53H,3-42H2,1-2H3,(H,54,55,56). The van der Waals surface area contributed by atoms with Crippen molar-refractivity contribution in [3.8, 4) is 0 Å². The molecule has 1 rings (SSSR count). The molecule has 370 valence electrons. The maximum Gasteiger partial charge on any atom is 0.397 e. The number of hydrogen-bond acceptors (Lipinski definition) is 11. The Kier molecular flexibility index (Phi) is 39.6. The lowest BCUT2D eigenvalue weighted by Crippen LogP contribution is -2.60. The highest BCUT2D eigenvalue weighted by Crippen LogP contribution is 2.26. The van der Waals surface area contributed by atoms with Crippen LogP contribution in [0.5, 0.6) is 0 Å². The van der Waals surface area contributed by atoms with E-state index in [0.717, 1.165) is 38.5 Å². The van der Waals surface area contributed by atoms with E-state index >= 15 is 0 Å². The van der Waals surface area contributed by atoms with Crippen molar-refractivity contribution in [2.24, 2.45) is 0 Å². The van der Waals surface area contributed by atoms with E-state index in [2.05, 4.69) is 18.0 Å². The highest BCUT2D eigenvalue weighted by atomic mass is 32.3. The summed E-state index contributed by atoms with van der Waals surface area (Å²) in [5.41, 5.74) is 0. The molecule has 6 unspecified atom stereocenters. The molecule has 0 aliphatic carbocycles. The van der Waals surface area contributed by atoms with E-state index in [9.17, 15) is 28.5 Å². The molecule has 0 amide bonds. The van der Waals surface area contributed by atoms with E-state index in [1.165, 1.54) is 180 Å². The molecular weight excluding hydrogens is 813 g/mol. The quantitative estimate of drug-likeness (QED) is 0.0258. The molecule has 0 aromatic heterocycles. The van der Waals surface area contributed by atoms with Crippen LogP contribution in [0.1, 0.15) is 245 Å². The third-order valence-electron chi connectivity index (χ3n) is 12.2. The van der Waals surface area contributed by atoms with Crippen LogP contribution in [0.25, 0.3) is 0 Å². The second-order valence-corrected chi connectivity index (χ2v) is 19.2. The fourth-order valence-corrected chi connectivity index (χ4v) is 8.83. The normalized spacial score (nSPS) is 19.9. The first kappa shape index (κ1) is 59.1. The van der Waals surface area contributed by atoms with Crippen LogP contribution in [0.15, 0.2) is 0 Å². The molecule has 1 aliphatic heterocycles. The molecule has 12 nitrogen and oxygen atoms in total. The molecule has 0 radical (unpaired) electrons. The Balaban J connectivity index is 2.21. The summed E-state index contributed by atoms with van der Waals surface area (Å²) >= 11 is 0. The zero-order valence-corrected chi connectivity index (χ0v) is 40.5. The minimum Gasteiger partial charge on any atom is -0.457 e. The van der Waals surface area contributed by atoms with Gasteiger partial charge in [0, 0.05) is 13.0 Å². The summed E-state index contributed by atoms with van der Waals surface area (Å²) in [5.74, 6) is -0.397. The van der Waals surface area contributed by atoms with Gasteiger partial charge in [-0.3, -0.25) is 9.35 Å². The third kappa shape index (κ3) is 34.4. The lowest BCUT2D eigenvalue weighted by Gasteiger charge is -2.41. The van der Waals surface area contributed by atoms with Gasteiger partial charge in [-0.2, -0.15) is 8.42 Å². The second-order valence-electron chi connectivity index (χ2n) is 18.1. The predicted molar refractivity (Wildman–Crippen MR) is 248 cm³/mol. The van der Waals surface area contributed by atoms with Crippen molar-refractivity contribution < 1.29 is 56.2 Å². The number of unbranched alkanes of at least 4 members (excludes halogenated alkanes) is 33. The Morgan fingerprint density at radius 1 is 0.548 bits per heavy atom. The average Bonchev–Trinajstić information content (AvgIpc) is 3.24. The highest BCUT2D eigenvalue weighted by Gasteiger charge is 2.48. The van der Waals surface area contributed by atoms with Gasteiger partial charge in [0.1, 0.15) is 30.5 Å². The SMILES string of the molecule is CCCCCCCCCCCCCCCCCCCCCCCCCCCCOCC(COC1OC(CO)C(O)C(OS(=O)(=O)O)C1O)OC(=O)CCCCCCCCCCC. The predicted octanol–water partition coefficient (Wildman–Crippen LogP) is 11.6. The van der Waals surface area contributed by atoms with Gasteiger partial charge in [0.2, 0.25) is 0 Å². The van der Waals surface area contributed by atoms with Crippen molar-refractivity contribution >= 4 is 16.4 Å². The minimum absolute atomic E-state index is 0.0444. The molecule has 0 bridgehead atoms. The Hall–Kier alpha value is -0.900. The average molecular weight is 909 g/mol. The first-order valence-electron chi connectivity index (χ1n) is 25.8. The van der Waals surface area contributed by atoms with Crippen molar-refractivity contribution in [1.29, 1.82) is 0 Å². The van der Waals surface area contributed by atoms with Crippen LogP contribution in [-0.2, 0) is 38.3 Å². The first-order chi connectivity index (χ1) is 30.1. The summed E-state index contributed by atoms with van der Waals surface area (Å²) < 4.78 is 59.1. The topological polar surface area (TPSA) is 178 Å². The molecule has 4 N–H and O–H groups in total. The van der Waals surface area contributed by atoms with Crippen LogP contribution in [0.4, 0.5) is 0 Å². The summed E-state index contributed by atoms with van der Waals surface area (Å²) in [6, 6.07) is 0. The summed E-state index contributed by atoms with van der Waals surface area (Å²) in [7, 11) is -5.05. The van der Waals surface area contributed by atoms with Crippen molar-refractivity contribution in [2.45, 2.75) is 282 Å². The molecule has 0 aromatic carbocycles. The number of aliphatic hydroxyl groups excluding tert-OH is 3. The van der Waals surface area contributed by atoms with Crippen LogP contribution in [0, 0.1) is 0 Å². The molecule has 1 heterocycles. The van der Waals surface area contributed by atoms with Crippen LogP contribution in [0.3, 0.4) is 0 Å². The van der Waals surface area contributed by atoms with Gasteiger partial charge in [-0.25, -0.2) is 4.18 Å². The summed E-state index contributed by atoms with van der Waals surface area (Å²) in [6.45, 7) is 4.01. The van der Waals surface area contributed by atoms with Gasteiger partial charge in [0.25, 0.3) is 0 Å². The number of rotatable bonds is 46. The van der Waals surface area contributed by atoms with Crippen molar-refractivity contribution in [3.05, 3.63) is 0 Å². The zero-order chi connectivity index (χ0) is 45.4. The Bertz CT molecular complexity index is 1090. The van der Waals surface area contributed by atoms with E-state index in [1.54, 1.807) is 0 Å². The molecule has 0 spiro atoms. The molecular formula is C49H96O12S. The third-order valence-corrected chi connectivity index (χ3v) is 12.7. The number of aliphatic hydroxyl groups is 3. The van der Waals surface area contributed by atoms with Crippen LogP contribution in [0.2, 0.25) is 0 Å². The molecule has 6 atom stereocenters. The number of carbonyl (C=O) groups is 1. The van der Waals surface area contributed by atoms with Gasteiger partial charge in [-0.1, -0.05) is 226 Å². The van der Waals surface area contributed by atoms with Gasteiger partial charge in [0.15, 0.2) is 6.29 Å². The van der Waals surface area contributed by atoms with Crippen molar-refractivity contribution in [2.75, 3.05) is 26.4 Å². The molecule has 62 heavy (non-hydrogen) atoms. The molecule has 1 saturated heterocycles. The van der Waals surface area contributed by atoms with Crippen molar-refractivity contribution in [1.82, 2.24) is 0 Å². The van der Waals surface area contributed by atoms with E-state index in [-0.39, 0.29) is 19.6 Å². The van der Waals surface area contributed by atoms with Gasteiger partial charge in [-0.15, -0.1) is 0 Å². The monoisotopic (exact) mass is 909 g/mol. The fourth-order valence-electron chi connectivity index (χ4n) is 8.32. The van der Waals surface area contributed by atoms with Gasteiger partial charge >= 0.3 is 16.4 Å². The Morgan fingerprint density at radius 2 is 0.919 bits per heavy atom. The maximum atomic E-state index is 12.8. The van der Waals surface area contributed by atoms with Crippen LogP contribution in [-0.4, -0.2) is 97.5 Å². The van der Waals surface area contributed by atoms with Gasteiger partial charge in [0.05, 0.1) is 19.8 Å². The van der Waals surface area contributed by atoms with Gasteiger partial charge < -0.3 is 34.3 Å². The molecule has 13 heteroatoms. The number of carbonyl (C=O) groups excluding carboxylic acids is 1. The fraction of sp³-hybridized carbons (Fsp3) is 0.980.